The number of anilines is 1. The molecular formula is C20H16N4O4S. The fraction of sp³-hybridized carbons (Fsp3) is 0.100. The maximum absolute atomic E-state index is 12.5. The summed E-state index contributed by atoms with van der Waals surface area (Å²) in [7, 11) is -3.34. The molecule has 0 saturated heterocycles. The number of hydrogen-bond acceptors (Lipinski definition) is 7. The average Bonchev–Trinajstić information content (AvgIpc) is 3.20. The maximum Gasteiger partial charge on any atom is 0.252 e. The van der Waals surface area contributed by atoms with Crippen molar-refractivity contribution < 1.29 is 18.0 Å². The van der Waals surface area contributed by atoms with Crippen molar-refractivity contribution in [1.29, 1.82) is 0 Å². The molecule has 9 heteroatoms. The molecule has 1 aliphatic rings. The Hall–Kier alpha value is -3.59. The smallest absolute Gasteiger partial charge is 0.252 e. The molecule has 0 saturated carbocycles. The minimum atomic E-state index is -3.34. The highest BCUT2D eigenvalue weighted by atomic mass is 32.2. The van der Waals surface area contributed by atoms with E-state index in [-0.39, 0.29) is 17.2 Å². The Morgan fingerprint density at radius 1 is 0.897 bits per heavy atom. The average molecular weight is 408 g/mol. The van der Waals surface area contributed by atoms with E-state index in [1.807, 2.05) is 30.3 Å². The number of carbonyl (C=O) groups is 2. The van der Waals surface area contributed by atoms with Crippen LogP contribution in [0.2, 0.25) is 0 Å². The molecule has 146 valence electrons. The van der Waals surface area contributed by atoms with Crippen LogP contribution in [0.4, 0.5) is 5.69 Å². The zero-order valence-corrected chi connectivity index (χ0v) is 16.2. The van der Waals surface area contributed by atoms with Crippen molar-refractivity contribution in [2.24, 2.45) is 5.10 Å². The first kappa shape index (κ1) is 18.8. The van der Waals surface area contributed by atoms with Crippen molar-refractivity contribution in [2.45, 2.75) is 4.90 Å². The predicted molar refractivity (Wildman–Crippen MR) is 107 cm³/mol. The highest BCUT2D eigenvalue weighted by molar-refractivity contribution is 7.90. The van der Waals surface area contributed by atoms with E-state index < -0.39 is 21.4 Å². The van der Waals surface area contributed by atoms with Gasteiger partial charge in [-0.25, -0.2) is 13.1 Å². The summed E-state index contributed by atoms with van der Waals surface area (Å²) >= 11 is 0. The third-order valence-corrected chi connectivity index (χ3v) is 5.56. The van der Waals surface area contributed by atoms with Crippen molar-refractivity contribution in [3.05, 3.63) is 72.6 Å². The van der Waals surface area contributed by atoms with Gasteiger partial charge in [-0.1, -0.05) is 18.2 Å². The molecule has 1 aromatic heterocycles. The molecule has 29 heavy (non-hydrogen) atoms. The van der Waals surface area contributed by atoms with Crippen LogP contribution in [0, 0.1) is 0 Å². The van der Waals surface area contributed by atoms with Crippen LogP contribution < -0.4 is 5.01 Å². The molecule has 3 aromatic rings. The number of para-hydroxylation sites is 1. The summed E-state index contributed by atoms with van der Waals surface area (Å²) in [6.45, 7) is -0.222. The number of benzene rings is 2. The van der Waals surface area contributed by atoms with Gasteiger partial charge in [0, 0.05) is 6.26 Å². The second kappa shape index (κ2) is 7.10. The van der Waals surface area contributed by atoms with Crippen LogP contribution in [0.25, 0.3) is 5.69 Å². The first-order valence-corrected chi connectivity index (χ1v) is 10.6. The standard InChI is InChI=1S/C20H16N4O4S/c1-29(27,28)16-9-7-14(8-10-16)23-13-18(25)20(26)19(22-23)17-11-12-21-24(17)15-5-3-2-4-6-15/h2-12H,13H2,1H3. The SMILES string of the molecule is CS(=O)(=O)c1ccc(N2CC(=O)C(=O)C(c3ccnn3-c3ccccc3)=N2)cc1. The lowest BCUT2D eigenvalue weighted by Gasteiger charge is -2.24. The minimum absolute atomic E-state index is 0.0187. The van der Waals surface area contributed by atoms with E-state index in [9.17, 15) is 18.0 Å². The number of Topliss-reactive ketones (excluding diaryl/α,β-unsaturated/α-hetero) is 2. The molecule has 1 aliphatic heterocycles. The molecular weight excluding hydrogens is 392 g/mol. The number of hydrogen-bond donors (Lipinski definition) is 0. The highest BCUT2D eigenvalue weighted by Gasteiger charge is 2.32. The predicted octanol–water partition coefficient (Wildman–Crippen LogP) is 1.64. The molecule has 0 amide bonds. The van der Waals surface area contributed by atoms with Gasteiger partial charge in [-0.05, 0) is 42.5 Å². The number of hydrazone groups is 1. The second-order valence-corrected chi connectivity index (χ2v) is 8.50. The van der Waals surface area contributed by atoms with Crippen LogP contribution in [0.3, 0.4) is 0 Å². The summed E-state index contributed by atoms with van der Waals surface area (Å²) in [5.74, 6) is -1.30. The maximum atomic E-state index is 12.5. The molecule has 2 heterocycles. The van der Waals surface area contributed by atoms with Gasteiger partial charge < -0.3 is 0 Å². The molecule has 0 bridgehead atoms. The van der Waals surface area contributed by atoms with Gasteiger partial charge in [-0.3, -0.25) is 14.6 Å². The Balaban J connectivity index is 1.76. The van der Waals surface area contributed by atoms with E-state index in [1.165, 1.54) is 23.3 Å². The molecule has 0 N–H and O–H groups in total. The normalized spacial score (nSPS) is 14.8. The summed E-state index contributed by atoms with van der Waals surface area (Å²) in [5, 5.41) is 10.0. The van der Waals surface area contributed by atoms with Crippen LogP contribution in [0.5, 0.6) is 0 Å². The number of carbonyl (C=O) groups excluding carboxylic acids is 2. The van der Waals surface area contributed by atoms with Crippen molar-refractivity contribution in [3.8, 4) is 5.69 Å². The number of nitrogens with zero attached hydrogens (tertiary/aromatic N) is 4. The van der Waals surface area contributed by atoms with E-state index in [2.05, 4.69) is 10.2 Å². The molecule has 0 atom stereocenters. The third kappa shape index (κ3) is 3.59. The first-order valence-electron chi connectivity index (χ1n) is 8.68. The largest absolute Gasteiger partial charge is 0.288 e. The van der Waals surface area contributed by atoms with Crippen molar-refractivity contribution in [2.75, 3.05) is 17.8 Å². The van der Waals surface area contributed by atoms with E-state index in [0.717, 1.165) is 11.9 Å². The van der Waals surface area contributed by atoms with Gasteiger partial charge in [0.2, 0.25) is 5.78 Å². The molecule has 0 unspecified atom stereocenters. The van der Waals surface area contributed by atoms with Crippen LogP contribution in [0.15, 0.2) is 76.9 Å². The molecule has 2 aromatic carbocycles. The number of sulfone groups is 1. The summed E-state index contributed by atoms with van der Waals surface area (Å²) in [6.07, 6.45) is 2.65. The third-order valence-electron chi connectivity index (χ3n) is 4.43. The number of rotatable bonds is 4. The van der Waals surface area contributed by atoms with Crippen LogP contribution in [-0.4, -0.2) is 48.3 Å². The second-order valence-electron chi connectivity index (χ2n) is 6.49. The Morgan fingerprint density at radius 2 is 1.59 bits per heavy atom. The van der Waals surface area contributed by atoms with Crippen LogP contribution >= 0.6 is 0 Å². The van der Waals surface area contributed by atoms with Gasteiger partial charge >= 0.3 is 0 Å². The van der Waals surface area contributed by atoms with Crippen molar-refractivity contribution in [1.82, 2.24) is 9.78 Å². The summed E-state index contributed by atoms with van der Waals surface area (Å²) in [4.78, 5) is 25.1. The molecule has 8 nitrogen and oxygen atoms in total. The van der Waals surface area contributed by atoms with Crippen LogP contribution in [-0.2, 0) is 19.4 Å². The molecule has 0 spiro atoms. The summed E-state index contributed by atoms with van der Waals surface area (Å²) in [6, 6.07) is 16.8. The Kier molecular flexibility index (Phi) is 4.59. The lowest BCUT2D eigenvalue weighted by molar-refractivity contribution is -0.132. The molecule has 0 fully saturated rings. The topological polar surface area (TPSA) is 102 Å². The first-order chi connectivity index (χ1) is 13.8. The monoisotopic (exact) mass is 408 g/mol. The van der Waals surface area contributed by atoms with Crippen LogP contribution in [0.1, 0.15) is 5.69 Å². The number of ketones is 2. The molecule has 0 aliphatic carbocycles. The van der Waals surface area contributed by atoms with Gasteiger partial charge in [-0.15, -0.1) is 0 Å². The molecule has 4 rings (SSSR count). The summed E-state index contributed by atoms with van der Waals surface area (Å²) in [5.41, 5.74) is 1.61. The van der Waals surface area contributed by atoms with Gasteiger partial charge in [0.1, 0.15) is 6.54 Å². The zero-order valence-electron chi connectivity index (χ0n) is 15.4. The summed E-state index contributed by atoms with van der Waals surface area (Å²) < 4.78 is 24.8. The van der Waals surface area contributed by atoms with E-state index >= 15 is 0 Å². The Bertz CT molecular complexity index is 1230. The van der Waals surface area contributed by atoms with Gasteiger partial charge in [-0.2, -0.15) is 10.2 Å². The van der Waals surface area contributed by atoms with Gasteiger partial charge in [0.15, 0.2) is 15.5 Å². The Labute approximate surface area is 167 Å². The van der Waals surface area contributed by atoms with E-state index in [1.54, 1.807) is 22.9 Å². The van der Waals surface area contributed by atoms with E-state index in [4.69, 9.17) is 0 Å². The van der Waals surface area contributed by atoms with Gasteiger partial charge in [0.05, 0.1) is 28.2 Å². The lowest BCUT2D eigenvalue weighted by atomic mass is 10.1. The Morgan fingerprint density at radius 3 is 2.24 bits per heavy atom. The fourth-order valence-electron chi connectivity index (χ4n) is 2.98. The number of aromatic nitrogens is 2. The van der Waals surface area contributed by atoms with Crippen molar-refractivity contribution >= 4 is 32.8 Å². The quantitative estimate of drug-likeness (QED) is 0.608. The van der Waals surface area contributed by atoms with Gasteiger partial charge in [0.25, 0.3) is 5.78 Å². The van der Waals surface area contributed by atoms with Crippen molar-refractivity contribution in [3.63, 3.8) is 0 Å². The fourth-order valence-corrected chi connectivity index (χ4v) is 3.61. The lowest BCUT2D eigenvalue weighted by Crippen LogP contribution is -2.41. The van der Waals surface area contributed by atoms with E-state index in [0.29, 0.717) is 11.4 Å². The minimum Gasteiger partial charge on any atom is -0.288 e. The zero-order chi connectivity index (χ0) is 20.6. The highest BCUT2D eigenvalue weighted by Crippen LogP contribution is 2.22. The molecule has 0 radical (unpaired) electrons.